The van der Waals surface area contributed by atoms with Gasteiger partial charge in [0.2, 0.25) is 0 Å². The summed E-state index contributed by atoms with van der Waals surface area (Å²) in [5.41, 5.74) is 1.15. The van der Waals surface area contributed by atoms with Crippen LogP contribution in [0.15, 0.2) is 23.1 Å². The predicted octanol–water partition coefficient (Wildman–Crippen LogP) is 0.819. The molecule has 5 heteroatoms. The van der Waals surface area contributed by atoms with E-state index in [4.69, 9.17) is 5.26 Å². The molecule has 0 saturated carbocycles. The zero-order chi connectivity index (χ0) is 11.9. The Morgan fingerprint density at radius 2 is 2.19 bits per heavy atom. The maximum Gasteiger partial charge on any atom is 0.175 e. The zero-order valence-corrected chi connectivity index (χ0v) is 9.53. The number of aliphatic hydroxyl groups is 1. The second-order valence-corrected chi connectivity index (χ2v) is 5.97. The van der Waals surface area contributed by atoms with Crippen LogP contribution in [0, 0.1) is 17.2 Å². The SMILES string of the molecule is CS(=O)(=O)c1cccc2c1C(O)C(C#N)C2. The van der Waals surface area contributed by atoms with Gasteiger partial charge in [-0.25, -0.2) is 8.42 Å². The van der Waals surface area contributed by atoms with Gasteiger partial charge in [-0.05, 0) is 18.1 Å². The molecule has 1 aliphatic rings. The fourth-order valence-electron chi connectivity index (χ4n) is 2.09. The first-order valence-electron chi connectivity index (χ1n) is 4.84. The Bertz CT molecular complexity index is 571. The van der Waals surface area contributed by atoms with E-state index in [1.54, 1.807) is 12.1 Å². The number of fused-ring (bicyclic) bond motifs is 1. The fourth-order valence-corrected chi connectivity index (χ4v) is 3.07. The predicted molar refractivity (Wildman–Crippen MR) is 57.3 cm³/mol. The van der Waals surface area contributed by atoms with Gasteiger partial charge in [-0.15, -0.1) is 0 Å². The summed E-state index contributed by atoms with van der Waals surface area (Å²) in [6, 6.07) is 6.86. The molecule has 0 aliphatic heterocycles. The lowest BCUT2D eigenvalue weighted by Gasteiger charge is -2.10. The van der Waals surface area contributed by atoms with Crippen LogP contribution in [0.3, 0.4) is 0 Å². The van der Waals surface area contributed by atoms with Crippen molar-refractivity contribution in [2.45, 2.75) is 17.4 Å². The topological polar surface area (TPSA) is 78.2 Å². The Balaban J connectivity index is 2.66. The lowest BCUT2D eigenvalue weighted by molar-refractivity contribution is 0.146. The molecule has 0 fully saturated rings. The average Bonchev–Trinajstić information content (AvgIpc) is 2.54. The highest BCUT2D eigenvalue weighted by atomic mass is 32.2. The fraction of sp³-hybridized carbons (Fsp3) is 0.364. The highest BCUT2D eigenvalue weighted by Crippen LogP contribution is 2.39. The van der Waals surface area contributed by atoms with E-state index < -0.39 is 21.9 Å². The summed E-state index contributed by atoms with van der Waals surface area (Å²) in [5, 5.41) is 18.7. The second kappa shape index (κ2) is 3.58. The standard InChI is InChI=1S/C11H11NO3S/c1-16(14,15)9-4-2-3-7-5-8(6-12)11(13)10(7)9/h2-4,8,11,13H,5H2,1H3. The smallest absolute Gasteiger partial charge is 0.175 e. The minimum absolute atomic E-state index is 0.134. The van der Waals surface area contributed by atoms with Gasteiger partial charge in [0, 0.05) is 11.8 Å². The van der Waals surface area contributed by atoms with Crippen LogP contribution in [0.25, 0.3) is 0 Å². The maximum atomic E-state index is 11.5. The van der Waals surface area contributed by atoms with E-state index in [0.717, 1.165) is 11.8 Å². The van der Waals surface area contributed by atoms with Gasteiger partial charge >= 0.3 is 0 Å². The summed E-state index contributed by atoms with van der Waals surface area (Å²) < 4.78 is 23.1. The van der Waals surface area contributed by atoms with Crippen molar-refractivity contribution in [3.8, 4) is 6.07 Å². The van der Waals surface area contributed by atoms with Gasteiger partial charge in [-0.3, -0.25) is 0 Å². The third-order valence-corrected chi connectivity index (χ3v) is 3.99. The quantitative estimate of drug-likeness (QED) is 0.784. The summed E-state index contributed by atoms with van der Waals surface area (Å²) in [7, 11) is -3.36. The summed E-state index contributed by atoms with van der Waals surface area (Å²) in [4.78, 5) is 0.134. The van der Waals surface area contributed by atoms with Crippen molar-refractivity contribution in [3.63, 3.8) is 0 Å². The van der Waals surface area contributed by atoms with Gasteiger partial charge in [0.05, 0.1) is 23.0 Å². The number of hydrogen-bond acceptors (Lipinski definition) is 4. The van der Waals surface area contributed by atoms with Crippen molar-refractivity contribution < 1.29 is 13.5 Å². The van der Waals surface area contributed by atoms with Crippen LogP contribution in [0.4, 0.5) is 0 Å². The number of benzene rings is 1. The van der Waals surface area contributed by atoms with E-state index in [9.17, 15) is 13.5 Å². The average molecular weight is 237 g/mol. The van der Waals surface area contributed by atoms with Crippen molar-refractivity contribution in [2.75, 3.05) is 6.26 Å². The Hall–Kier alpha value is -1.38. The molecule has 1 N–H and O–H groups in total. The van der Waals surface area contributed by atoms with E-state index >= 15 is 0 Å². The molecule has 0 saturated heterocycles. The van der Waals surface area contributed by atoms with E-state index in [2.05, 4.69) is 0 Å². The molecule has 1 aliphatic carbocycles. The minimum Gasteiger partial charge on any atom is -0.387 e. The molecular weight excluding hydrogens is 226 g/mol. The van der Waals surface area contributed by atoms with E-state index in [1.165, 1.54) is 6.07 Å². The van der Waals surface area contributed by atoms with Gasteiger partial charge in [-0.1, -0.05) is 12.1 Å². The van der Waals surface area contributed by atoms with Gasteiger partial charge in [0.1, 0.15) is 0 Å². The van der Waals surface area contributed by atoms with Gasteiger partial charge < -0.3 is 5.11 Å². The van der Waals surface area contributed by atoms with Crippen LogP contribution >= 0.6 is 0 Å². The normalized spacial score (nSPS) is 23.8. The number of sulfone groups is 1. The van der Waals surface area contributed by atoms with Crippen molar-refractivity contribution in [1.29, 1.82) is 5.26 Å². The Kier molecular flexibility index (Phi) is 2.49. The third kappa shape index (κ3) is 1.60. The monoisotopic (exact) mass is 237 g/mol. The van der Waals surface area contributed by atoms with Crippen LogP contribution in [0.1, 0.15) is 17.2 Å². The molecular formula is C11H11NO3S. The molecule has 0 bridgehead atoms. The third-order valence-electron chi connectivity index (χ3n) is 2.84. The summed E-state index contributed by atoms with van der Waals surface area (Å²) in [5.74, 6) is -0.544. The van der Waals surface area contributed by atoms with Gasteiger partial charge in [0.25, 0.3) is 0 Å². The minimum atomic E-state index is -3.36. The molecule has 1 aromatic carbocycles. The number of hydrogen-bond donors (Lipinski definition) is 1. The number of rotatable bonds is 1. The Morgan fingerprint density at radius 1 is 1.50 bits per heavy atom. The van der Waals surface area contributed by atoms with E-state index in [0.29, 0.717) is 12.0 Å². The summed E-state index contributed by atoms with van der Waals surface area (Å²) >= 11 is 0. The summed E-state index contributed by atoms with van der Waals surface area (Å²) in [6.07, 6.45) is 0.525. The van der Waals surface area contributed by atoms with Crippen molar-refractivity contribution in [2.24, 2.45) is 5.92 Å². The zero-order valence-electron chi connectivity index (χ0n) is 8.71. The van der Waals surface area contributed by atoms with Crippen LogP contribution in [-0.2, 0) is 16.3 Å². The van der Waals surface area contributed by atoms with E-state index in [1.807, 2.05) is 6.07 Å². The first-order valence-corrected chi connectivity index (χ1v) is 6.74. The largest absolute Gasteiger partial charge is 0.387 e. The first-order chi connectivity index (χ1) is 7.45. The highest BCUT2D eigenvalue weighted by Gasteiger charge is 2.34. The molecule has 84 valence electrons. The second-order valence-electron chi connectivity index (χ2n) is 3.99. The molecule has 16 heavy (non-hydrogen) atoms. The first kappa shape index (κ1) is 11.1. The number of nitrogens with zero attached hydrogens (tertiary/aromatic N) is 1. The summed E-state index contributed by atoms with van der Waals surface area (Å²) in [6.45, 7) is 0. The highest BCUT2D eigenvalue weighted by molar-refractivity contribution is 7.90. The Labute approximate surface area is 94.1 Å². The molecule has 0 radical (unpaired) electrons. The van der Waals surface area contributed by atoms with Crippen molar-refractivity contribution in [3.05, 3.63) is 29.3 Å². The van der Waals surface area contributed by atoms with Crippen LogP contribution < -0.4 is 0 Å². The van der Waals surface area contributed by atoms with Gasteiger partial charge in [-0.2, -0.15) is 5.26 Å². The molecule has 2 unspecified atom stereocenters. The number of aliphatic hydroxyl groups excluding tert-OH is 1. The molecule has 1 aromatic rings. The van der Waals surface area contributed by atoms with Crippen LogP contribution in [0.2, 0.25) is 0 Å². The molecule has 0 amide bonds. The lowest BCUT2D eigenvalue weighted by atomic mass is 10.1. The molecule has 4 nitrogen and oxygen atoms in total. The molecule has 0 spiro atoms. The maximum absolute atomic E-state index is 11.5. The molecule has 2 atom stereocenters. The van der Waals surface area contributed by atoms with Gasteiger partial charge in [0.15, 0.2) is 9.84 Å². The van der Waals surface area contributed by atoms with Crippen LogP contribution in [0.5, 0.6) is 0 Å². The Morgan fingerprint density at radius 3 is 2.75 bits per heavy atom. The lowest BCUT2D eigenvalue weighted by Crippen LogP contribution is -2.08. The van der Waals surface area contributed by atoms with Crippen molar-refractivity contribution in [1.82, 2.24) is 0 Å². The molecule has 2 rings (SSSR count). The number of nitriles is 1. The molecule has 0 heterocycles. The van der Waals surface area contributed by atoms with Crippen molar-refractivity contribution >= 4 is 9.84 Å². The van der Waals surface area contributed by atoms with E-state index in [-0.39, 0.29) is 4.90 Å². The molecule has 0 aromatic heterocycles. The van der Waals surface area contributed by atoms with Crippen LogP contribution in [-0.4, -0.2) is 19.8 Å².